The van der Waals surface area contributed by atoms with Gasteiger partial charge < -0.3 is 4.85 Å². The summed E-state index contributed by atoms with van der Waals surface area (Å²) in [6.07, 6.45) is 1.50. The Morgan fingerprint density at radius 1 is 1.75 bits per heavy atom. The smallest absolute Gasteiger partial charge is 0.276 e. The van der Waals surface area contributed by atoms with Crippen LogP contribution in [-0.4, -0.2) is 17.3 Å². The molecule has 0 amide bonds. The van der Waals surface area contributed by atoms with Gasteiger partial charge in [-0.1, -0.05) is 11.6 Å². The molecule has 1 aromatic heterocycles. The van der Waals surface area contributed by atoms with Gasteiger partial charge in [-0.25, -0.2) is 11.6 Å². The van der Waals surface area contributed by atoms with Gasteiger partial charge in [0.05, 0.1) is 5.56 Å². The first kappa shape index (κ1) is 8.69. The molecule has 0 saturated carbocycles. The molecule has 0 N–H and O–H groups in total. The van der Waals surface area contributed by atoms with E-state index < -0.39 is 0 Å². The Morgan fingerprint density at radius 3 is 3.08 bits per heavy atom. The lowest BCUT2D eigenvalue weighted by Gasteiger charge is -1.95. The van der Waals surface area contributed by atoms with Crippen LogP contribution in [-0.2, 0) is 0 Å². The van der Waals surface area contributed by atoms with E-state index in [1.54, 1.807) is 12.1 Å². The van der Waals surface area contributed by atoms with Crippen LogP contribution in [0, 0.1) is 6.57 Å². The Balaban J connectivity index is 2.97. The van der Waals surface area contributed by atoms with Crippen LogP contribution < -0.4 is 0 Å². The summed E-state index contributed by atoms with van der Waals surface area (Å²) >= 11 is 5.62. The number of carbonyl (C=O) groups is 1. The lowest BCUT2D eigenvalue weighted by atomic mass is 10.2. The van der Waals surface area contributed by atoms with Crippen LogP contribution in [0.15, 0.2) is 18.3 Å². The van der Waals surface area contributed by atoms with Crippen molar-refractivity contribution in [2.45, 2.75) is 0 Å². The largest absolute Gasteiger partial charge is 0.308 e. The second-order valence-corrected chi connectivity index (χ2v) is 2.44. The molecule has 4 heteroatoms. The van der Waals surface area contributed by atoms with Gasteiger partial charge in [-0.3, -0.25) is 4.79 Å². The lowest BCUT2D eigenvalue weighted by Crippen LogP contribution is -2.03. The number of nitrogens with zero attached hydrogens (tertiary/aromatic N) is 2. The SMILES string of the molecule is [C-]#[N+]CC(=O)c1cccnc1Cl. The Bertz CT molecular complexity index is 343. The van der Waals surface area contributed by atoms with Crippen molar-refractivity contribution in [2.24, 2.45) is 0 Å². The molecule has 0 aromatic carbocycles. The van der Waals surface area contributed by atoms with Gasteiger partial charge in [0.2, 0.25) is 5.78 Å². The molecule has 0 fully saturated rings. The third-order valence-electron chi connectivity index (χ3n) is 1.28. The zero-order valence-electron chi connectivity index (χ0n) is 6.12. The fraction of sp³-hybridized carbons (Fsp3) is 0.125. The predicted octanol–water partition coefficient (Wildman–Crippen LogP) is 1.84. The minimum Gasteiger partial charge on any atom is -0.308 e. The molecule has 60 valence electrons. The fourth-order valence-electron chi connectivity index (χ4n) is 0.751. The number of Topliss-reactive ketones (excluding diaryl/α,β-unsaturated/α-hetero) is 1. The fourth-order valence-corrected chi connectivity index (χ4v) is 0.976. The van der Waals surface area contributed by atoms with Crippen molar-refractivity contribution < 1.29 is 4.79 Å². The first-order chi connectivity index (χ1) is 5.75. The van der Waals surface area contributed by atoms with E-state index in [0.29, 0.717) is 5.56 Å². The highest BCUT2D eigenvalue weighted by atomic mass is 35.5. The Morgan fingerprint density at radius 2 is 2.50 bits per heavy atom. The minimum absolute atomic E-state index is 0.158. The Hall–Kier alpha value is -1.40. The van der Waals surface area contributed by atoms with E-state index in [0.717, 1.165) is 0 Å². The van der Waals surface area contributed by atoms with E-state index in [1.165, 1.54) is 6.20 Å². The number of hydrogen-bond donors (Lipinski definition) is 0. The molecule has 0 radical (unpaired) electrons. The second kappa shape index (κ2) is 3.84. The normalized spacial score (nSPS) is 9.00. The molecule has 0 aliphatic carbocycles. The quantitative estimate of drug-likeness (QED) is 0.395. The average molecular weight is 181 g/mol. The van der Waals surface area contributed by atoms with Crippen molar-refractivity contribution in [3.8, 4) is 0 Å². The number of halogens is 1. The summed E-state index contributed by atoms with van der Waals surface area (Å²) in [5.74, 6) is -0.289. The van der Waals surface area contributed by atoms with Gasteiger partial charge in [0.1, 0.15) is 5.15 Å². The van der Waals surface area contributed by atoms with Crippen molar-refractivity contribution in [1.29, 1.82) is 0 Å². The molecule has 0 spiro atoms. The third-order valence-corrected chi connectivity index (χ3v) is 1.58. The number of aromatic nitrogens is 1. The molecule has 0 aliphatic rings. The number of rotatable bonds is 2. The molecule has 1 heterocycles. The van der Waals surface area contributed by atoms with E-state index in [9.17, 15) is 4.79 Å². The van der Waals surface area contributed by atoms with Gasteiger partial charge >= 0.3 is 0 Å². The van der Waals surface area contributed by atoms with Gasteiger partial charge in [-0.15, -0.1) is 0 Å². The summed E-state index contributed by atoms with van der Waals surface area (Å²) in [5, 5.41) is 0.158. The second-order valence-electron chi connectivity index (χ2n) is 2.08. The van der Waals surface area contributed by atoms with Crippen molar-refractivity contribution >= 4 is 17.4 Å². The van der Waals surface area contributed by atoms with Gasteiger partial charge in [-0.2, -0.15) is 0 Å². The maximum Gasteiger partial charge on any atom is 0.276 e. The lowest BCUT2D eigenvalue weighted by molar-refractivity contribution is 0.101. The Kier molecular flexibility index (Phi) is 2.78. The van der Waals surface area contributed by atoms with Crippen LogP contribution in [0.2, 0.25) is 5.15 Å². The Labute approximate surface area is 74.8 Å². The summed E-state index contributed by atoms with van der Waals surface area (Å²) in [7, 11) is 0. The number of pyridine rings is 1. The summed E-state index contributed by atoms with van der Waals surface area (Å²) in [4.78, 5) is 17.8. The summed E-state index contributed by atoms with van der Waals surface area (Å²) in [6.45, 7) is 6.32. The van der Waals surface area contributed by atoms with Crippen LogP contribution >= 0.6 is 11.6 Å². The van der Waals surface area contributed by atoms with Crippen molar-refractivity contribution in [3.05, 3.63) is 40.5 Å². The van der Waals surface area contributed by atoms with Crippen LogP contribution in [0.1, 0.15) is 10.4 Å². The van der Waals surface area contributed by atoms with E-state index in [4.69, 9.17) is 18.2 Å². The van der Waals surface area contributed by atoms with Crippen molar-refractivity contribution in [3.63, 3.8) is 0 Å². The predicted molar refractivity (Wildman–Crippen MR) is 45.0 cm³/mol. The zero-order valence-corrected chi connectivity index (χ0v) is 6.88. The third kappa shape index (κ3) is 1.80. The summed E-state index contributed by atoms with van der Waals surface area (Å²) in [6, 6.07) is 3.17. The van der Waals surface area contributed by atoms with Gasteiger partial charge in [-0.05, 0) is 12.1 Å². The monoisotopic (exact) mass is 180 g/mol. The maximum absolute atomic E-state index is 11.1. The highest BCUT2D eigenvalue weighted by Gasteiger charge is 2.12. The molecule has 0 atom stereocenters. The van der Waals surface area contributed by atoms with E-state index in [-0.39, 0.29) is 17.5 Å². The van der Waals surface area contributed by atoms with Gasteiger partial charge in [0.15, 0.2) is 0 Å². The molecular formula is C8H5ClN2O. The number of hydrogen-bond acceptors (Lipinski definition) is 2. The van der Waals surface area contributed by atoms with Crippen LogP contribution in [0.4, 0.5) is 0 Å². The molecule has 0 saturated heterocycles. The standard InChI is InChI=1S/C8H5ClN2O/c1-10-5-7(12)6-3-2-4-11-8(6)9/h2-4H,5H2. The highest BCUT2D eigenvalue weighted by Crippen LogP contribution is 2.11. The van der Waals surface area contributed by atoms with Crippen LogP contribution in [0.5, 0.6) is 0 Å². The minimum atomic E-state index is -0.289. The molecular weight excluding hydrogens is 176 g/mol. The topological polar surface area (TPSA) is 34.3 Å². The first-order valence-corrected chi connectivity index (χ1v) is 3.60. The summed E-state index contributed by atoms with van der Waals surface area (Å²) in [5.41, 5.74) is 0.315. The molecule has 0 unspecified atom stereocenters. The number of ketones is 1. The molecule has 12 heavy (non-hydrogen) atoms. The van der Waals surface area contributed by atoms with Gasteiger partial charge in [0, 0.05) is 6.20 Å². The van der Waals surface area contributed by atoms with E-state index >= 15 is 0 Å². The first-order valence-electron chi connectivity index (χ1n) is 3.22. The molecule has 1 rings (SSSR count). The maximum atomic E-state index is 11.1. The molecule has 1 aromatic rings. The molecule has 3 nitrogen and oxygen atoms in total. The van der Waals surface area contributed by atoms with Crippen molar-refractivity contribution in [2.75, 3.05) is 6.54 Å². The summed E-state index contributed by atoms with van der Waals surface area (Å²) < 4.78 is 0. The van der Waals surface area contributed by atoms with Crippen LogP contribution in [0.25, 0.3) is 4.85 Å². The molecule has 0 bridgehead atoms. The highest BCUT2D eigenvalue weighted by molar-refractivity contribution is 6.32. The van der Waals surface area contributed by atoms with Crippen LogP contribution in [0.3, 0.4) is 0 Å². The molecule has 0 aliphatic heterocycles. The van der Waals surface area contributed by atoms with E-state index in [2.05, 4.69) is 9.83 Å². The number of carbonyl (C=O) groups excluding carboxylic acids is 1. The van der Waals surface area contributed by atoms with Gasteiger partial charge in [0.25, 0.3) is 6.54 Å². The van der Waals surface area contributed by atoms with E-state index in [1.807, 2.05) is 0 Å². The van der Waals surface area contributed by atoms with Crippen molar-refractivity contribution in [1.82, 2.24) is 4.98 Å². The zero-order chi connectivity index (χ0) is 8.97. The average Bonchev–Trinajstić information content (AvgIpc) is 2.05.